The molecule has 0 aliphatic carbocycles. The van der Waals surface area contributed by atoms with Crippen LogP contribution >= 0.6 is 11.8 Å². The first kappa shape index (κ1) is 11.3. The van der Waals surface area contributed by atoms with Gasteiger partial charge in [0.25, 0.3) is 0 Å². The second-order valence-electron chi connectivity index (χ2n) is 4.07. The number of thioether (sulfide) groups is 1. The third-order valence-corrected chi connectivity index (χ3v) is 3.40. The van der Waals surface area contributed by atoms with Gasteiger partial charge in [-0.05, 0) is 31.5 Å². The molecule has 0 saturated carbocycles. The molecule has 1 aromatic carbocycles. The minimum atomic E-state index is 0.944. The molecule has 2 aromatic rings. The summed E-state index contributed by atoms with van der Waals surface area (Å²) in [4.78, 5) is 0. The van der Waals surface area contributed by atoms with Gasteiger partial charge in [-0.25, -0.2) is 0 Å². The van der Waals surface area contributed by atoms with Crippen LogP contribution in [-0.4, -0.2) is 0 Å². The van der Waals surface area contributed by atoms with Gasteiger partial charge in [-0.3, -0.25) is 0 Å². The van der Waals surface area contributed by atoms with Gasteiger partial charge in [0.15, 0.2) is 0 Å². The zero-order chi connectivity index (χ0) is 11.4. The fraction of sp³-hybridized carbons (Fsp3) is 0.286. The Bertz CT molecular complexity index is 426. The zero-order valence-electron chi connectivity index (χ0n) is 9.69. The molecule has 0 aliphatic rings. The van der Waals surface area contributed by atoms with E-state index in [9.17, 15) is 0 Å². The maximum Gasteiger partial charge on any atom is 0.113 e. The predicted molar refractivity (Wildman–Crippen MR) is 69.6 cm³/mol. The molecule has 84 valence electrons. The van der Waals surface area contributed by atoms with Crippen LogP contribution in [0.3, 0.4) is 0 Å². The maximum atomic E-state index is 5.30. The Morgan fingerprint density at radius 1 is 1.06 bits per heavy atom. The quantitative estimate of drug-likeness (QED) is 0.778. The van der Waals surface area contributed by atoms with Crippen LogP contribution in [0.2, 0.25) is 0 Å². The van der Waals surface area contributed by atoms with Crippen molar-refractivity contribution in [3.63, 3.8) is 0 Å². The van der Waals surface area contributed by atoms with Gasteiger partial charge in [0, 0.05) is 5.75 Å². The van der Waals surface area contributed by atoms with Gasteiger partial charge < -0.3 is 4.42 Å². The third kappa shape index (κ3) is 3.17. The Morgan fingerprint density at radius 2 is 1.81 bits per heavy atom. The highest BCUT2D eigenvalue weighted by Gasteiger charge is 1.99. The lowest BCUT2D eigenvalue weighted by Gasteiger charge is -2.04. The largest absolute Gasteiger partial charge is 0.468 e. The summed E-state index contributed by atoms with van der Waals surface area (Å²) in [6, 6.07) is 10.7. The predicted octanol–water partition coefficient (Wildman–Crippen LogP) is 4.33. The molecule has 0 saturated heterocycles. The molecule has 0 fully saturated rings. The van der Waals surface area contributed by atoms with Crippen molar-refractivity contribution in [2.24, 2.45) is 0 Å². The average Bonchev–Trinajstić information content (AvgIpc) is 2.69. The summed E-state index contributed by atoms with van der Waals surface area (Å²) in [6.07, 6.45) is 1.73. The van der Waals surface area contributed by atoms with Gasteiger partial charge in [0.05, 0.1) is 12.0 Å². The molecular weight excluding hydrogens is 216 g/mol. The van der Waals surface area contributed by atoms with E-state index in [1.54, 1.807) is 6.26 Å². The molecule has 0 N–H and O–H groups in total. The van der Waals surface area contributed by atoms with Crippen LogP contribution < -0.4 is 0 Å². The maximum absolute atomic E-state index is 5.30. The molecule has 1 aromatic heterocycles. The molecule has 0 bridgehead atoms. The molecule has 1 nitrogen and oxygen atoms in total. The van der Waals surface area contributed by atoms with Gasteiger partial charge >= 0.3 is 0 Å². The molecule has 0 radical (unpaired) electrons. The molecule has 2 rings (SSSR count). The summed E-state index contributed by atoms with van der Waals surface area (Å²) in [6.45, 7) is 4.29. The second kappa shape index (κ2) is 5.26. The fourth-order valence-electron chi connectivity index (χ4n) is 1.82. The van der Waals surface area contributed by atoms with Crippen molar-refractivity contribution in [3.8, 4) is 0 Å². The summed E-state index contributed by atoms with van der Waals surface area (Å²) in [5.41, 5.74) is 4.08. The van der Waals surface area contributed by atoms with Crippen molar-refractivity contribution in [2.45, 2.75) is 25.4 Å². The van der Waals surface area contributed by atoms with Crippen molar-refractivity contribution < 1.29 is 4.42 Å². The number of hydrogen-bond donors (Lipinski definition) is 0. The number of rotatable bonds is 4. The van der Waals surface area contributed by atoms with Crippen LogP contribution in [0.4, 0.5) is 0 Å². The highest BCUT2D eigenvalue weighted by Crippen LogP contribution is 2.19. The van der Waals surface area contributed by atoms with Gasteiger partial charge in [-0.15, -0.1) is 11.8 Å². The van der Waals surface area contributed by atoms with E-state index in [0.717, 1.165) is 17.3 Å². The van der Waals surface area contributed by atoms with Crippen molar-refractivity contribution in [1.29, 1.82) is 0 Å². The topological polar surface area (TPSA) is 13.1 Å². The van der Waals surface area contributed by atoms with Crippen LogP contribution in [0.25, 0.3) is 0 Å². The minimum Gasteiger partial charge on any atom is -0.468 e. The number of aryl methyl sites for hydroxylation is 2. The lowest BCUT2D eigenvalue weighted by Crippen LogP contribution is -1.85. The van der Waals surface area contributed by atoms with E-state index < -0.39 is 0 Å². The summed E-state index contributed by atoms with van der Waals surface area (Å²) < 4.78 is 5.30. The molecular formula is C14H16OS. The summed E-state index contributed by atoms with van der Waals surface area (Å²) in [5.74, 6) is 3.04. The highest BCUT2D eigenvalue weighted by molar-refractivity contribution is 7.97. The van der Waals surface area contributed by atoms with E-state index in [-0.39, 0.29) is 0 Å². The normalized spacial score (nSPS) is 10.6. The highest BCUT2D eigenvalue weighted by atomic mass is 32.2. The van der Waals surface area contributed by atoms with Gasteiger partial charge in [-0.1, -0.05) is 29.3 Å². The van der Waals surface area contributed by atoms with Gasteiger partial charge in [0.2, 0.25) is 0 Å². The molecule has 16 heavy (non-hydrogen) atoms. The van der Waals surface area contributed by atoms with E-state index >= 15 is 0 Å². The first-order chi connectivity index (χ1) is 7.74. The third-order valence-electron chi connectivity index (χ3n) is 2.37. The van der Waals surface area contributed by atoms with Crippen molar-refractivity contribution in [3.05, 3.63) is 59.0 Å². The van der Waals surface area contributed by atoms with Crippen LogP contribution in [0.1, 0.15) is 22.5 Å². The summed E-state index contributed by atoms with van der Waals surface area (Å²) in [7, 11) is 0. The Hall–Kier alpha value is -1.15. The van der Waals surface area contributed by atoms with E-state index in [4.69, 9.17) is 4.42 Å². The van der Waals surface area contributed by atoms with E-state index in [2.05, 4.69) is 32.0 Å². The van der Waals surface area contributed by atoms with E-state index in [1.165, 1.54) is 16.7 Å². The van der Waals surface area contributed by atoms with Crippen molar-refractivity contribution in [1.82, 2.24) is 0 Å². The molecule has 0 spiro atoms. The monoisotopic (exact) mass is 232 g/mol. The lowest BCUT2D eigenvalue weighted by molar-refractivity contribution is 0.530. The Morgan fingerprint density at radius 3 is 2.44 bits per heavy atom. The fourth-order valence-corrected chi connectivity index (χ4v) is 2.69. The smallest absolute Gasteiger partial charge is 0.113 e. The lowest BCUT2D eigenvalue weighted by atomic mass is 10.1. The Kier molecular flexibility index (Phi) is 3.73. The van der Waals surface area contributed by atoms with Crippen molar-refractivity contribution >= 4 is 11.8 Å². The van der Waals surface area contributed by atoms with Gasteiger partial charge in [-0.2, -0.15) is 0 Å². The van der Waals surface area contributed by atoms with Crippen LogP contribution in [0.5, 0.6) is 0 Å². The Labute approximate surface area is 101 Å². The molecule has 0 amide bonds. The summed E-state index contributed by atoms with van der Waals surface area (Å²) in [5, 5.41) is 0. The molecule has 2 heteroatoms. The number of furan rings is 1. The first-order valence-corrected chi connectivity index (χ1v) is 6.57. The van der Waals surface area contributed by atoms with Gasteiger partial charge in [0.1, 0.15) is 5.76 Å². The van der Waals surface area contributed by atoms with Crippen LogP contribution in [-0.2, 0) is 11.5 Å². The van der Waals surface area contributed by atoms with E-state index in [0.29, 0.717) is 0 Å². The van der Waals surface area contributed by atoms with Crippen LogP contribution in [0, 0.1) is 13.8 Å². The summed E-state index contributed by atoms with van der Waals surface area (Å²) >= 11 is 1.89. The Balaban J connectivity index is 1.89. The SMILES string of the molecule is Cc1cc(C)cc(CSCc2ccco2)c1. The zero-order valence-corrected chi connectivity index (χ0v) is 10.5. The van der Waals surface area contributed by atoms with Crippen molar-refractivity contribution in [2.75, 3.05) is 0 Å². The van der Waals surface area contributed by atoms with Crippen LogP contribution in [0.15, 0.2) is 41.0 Å². The molecule has 0 unspecified atom stereocenters. The molecule has 0 atom stereocenters. The molecule has 1 heterocycles. The minimum absolute atomic E-state index is 0.944. The van der Waals surface area contributed by atoms with E-state index in [1.807, 2.05) is 23.9 Å². The number of hydrogen-bond acceptors (Lipinski definition) is 2. The first-order valence-electron chi connectivity index (χ1n) is 5.41. The number of benzene rings is 1. The average molecular weight is 232 g/mol. The standard InChI is InChI=1S/C14H16OS/c1-11-6-12(2)8-13(7-11)9-16-10-14-4-3-5-15-14/h3-8H,9-10H2,1-2H3. The second-order valence-corrected chi connectivity index (χ2v) is 5.05. The molecule has 0 aliphatic heterocycles.